The summed E-state index contributed by atoms with van der Waals surface area (Å²) in [5, 5.41) is 5.96. The molecule has 2 heterocycles. The molecule has 1 aromatic carbocycles. The Balaban J connectivity index is 1.41. The molecule has 2 saturated heterocycles. The fraction of sp³-hybridized carbons (Fsp3) is 0.609. The van der Waals surface area contributed by atoms with Crippen LogP contribution in [0.2, 0.25) is 0 Å². The molecule has 0 radical (unpaired) electrons. The molecule has 2 N–H and O–H groups in total. The van der Waals surface area contributed by atoms with Crippen LogP contribution in [0.5, 0.6) is 0 Å². The Morgan fingerprint density at radius 1 is 1.06 bits per heavy atom. The van der Waals surface area contributed by atoms with Crippen LogP contribution in [-0.4, -0.2) is 84.4 Å². The van der Waals surface area contributed by atoms with Crippen molar-refractivity contribution in [1.82, 2.24) is 25.3 Å². The zero-order chi connectivity index (χ0) is 21.8. The van der Waals surface area contributed by atoms with E-state index in [0.29, 0.717) is 19.4 Å². The van der Waals surface area contributed by atoms with Gasteiger partial charge in [0.1, 0.15) is 12.1 Å². The van der Waals surface area contributed by atoms with E-state index >= 15 is 0 Å². The molecule has 1 aliphatic carbocycles. The van der Waals surface area contributed by atoms with Gasteiger partial charge in [0.05, 0.1) is 6.04 Å². The zero-order valence-electron chi connectivity index (χ0n) is 18.3. The summed E-state index contributed by atoms with van der Waals surface area (Å²) in [6.45, 7) is 4.36. The molecule has 1 unspecified atom stereocenters. The highest BCUT2D eigenvalue weighted by Crippen LogP contribution is 2.33. The van der Waals surface area contributed by atoms with Gasteiger partial charge in [-0.2, -0.15) is 0 Å². The lowest BCUT2D eigenvalue weighted by Crippen LogP contribution is -2.50. The van der Waals surface area contributed by atoms with Crippen molar-refractivity contribution in [2.75, 3.05) is 46.3 Å². The number of carbonyl (C=O) groups excluding carboxylic acids is 3. The molecule has 3 fully saturated rings. The summed E-state index contributed by atoms with van der Waals surface area (Å²) >= 11 is 0. The quantitative estimate of drug-likeness (QED) is 0.670. The van der Waals surface area contributed by atoms with Gasteiger partial charge in [-0.3, -0.25) is 19.4 Å². The first-order chi connectivity index (χ1) is 15.0. The maximum atomic E-state index is 13.0. The normalized spacial score (nSPS) is 23.1. The summed E-state index contributed by atoms with van der Waals surface area (Å²) in [4.78, 5) is 44.1. The highest BCUT2D eigenvalue weighted by Gasteiger charge is 2.51. The monoisotopic (exact) mass is 427 g/mol. The summed E-state index contributed by atoms with van der Waals surface area (Å²) in [5.74, 6) is -0.554. The summed E-state index contributed by atoms with van der Waals surface area (Å²) in [7, 11) is 2.12. The standard InChI is InChI=1S/C23H33N5O3/c1-26-12-14-27(15-13-26)16-19(18-8-4-2-5-9-18)24-20(29)17-28-21(30)23(25-22(28)31)10-6-3-7-11-23/h2,4-5,8-9,19H,3,6-7,10-17H2,1H3,(H,24,29)(H,25,31). The maximum absolute atomic E-state index is 13.0. The van der Waals surface area contributed by atoms with Crippen LogP contribution in [0.25, 0.3) is 0 Å². The average Bonchev–Trinajstić information content (AvgIpc) is 2.99. The molecule has 1 aromatic rings. The molecule has 0 bridgehead atoms. The third-order valence-electron chi connectivity index (χ3n) is 6.83. The van der Waals surface area contributed by atoms with E-state index in [4.69, 9.17) is 0 Å². The second-order valence-electron chi connectivity index (χ2n) is 9.10. The Morgan fingerprint density at radius 2 is 1.74 bits per heavy atom. The second kappa shape index (κ2) is 9.36. The van der Waals surface area contributed by atoms with E-state index in [1.54, 1.807) is 0 Å². The Labute approximate surface area is 183 Å². The molecule has 168 valence electrons. The molecular weight excluding hydrogens is 394 g/mol. The molecule has 1 atom stereocenters. The van der Waals surface area contributed by atoms with Gasteiger partial charge in [0.25, 0.3) is 5.91 Å². The summed E-state index contributed by atoms with van der Waals surface area (Å²) in [6.07, 6.45) is 4.24. The summed E-state index contributed by atoms with van der Waals surface area (Å²) < 4.78 is 0. The van der Waals surface area contributed by atoms with Crippen LogP contribution in [0.15, 0.2) is 30.3 Å². The van der Waals surface area contributed by atoms with Crippen LogP contribution >= 0.6 is 0 Å². The number of nitrogens with zero attached hydrogens (tertiary/aromatic N) is 3. The zero-order valence-corrected chi connectivity index (χ0v) is 18.3. The average molecular weight is 428 g/mol. The number of piperazine rings is 1. The third kappa shape index (κ3) is 4.91. The maximum Gasteiger partial charge on any atom is 0.325 e. The number of nitrogens with one attached hydrogen (secondary N) is 2. The van der Waals surface area contributed by atoms with Crippen LogP contribution in [0, 0.1) is 0 Å². The number of imide groups is 1. The number of benzene rings is 1. The molecule has 0 aromatic heterocycles. The van der Waals surface area contributed by atoms with Crippen molar-refractivity contribution in [3.8, 4) is 0 Å². The Morgan fingerprint density at radius 3 is 2.42 bits per heavy atom. The lowest BCUT2D eigenvalue weighted by molar-refractivity contribution is -0.136. The minimum Gasteiger partial charge on any atom is -0.346 e. The number of likely N-dealkylation sites (N-methyl/N-ethyl adjacent to an activating group) is 1. The first-order valence-corrected chi connectivity index (χ1v) is 11.4. The minimum atomic E-state index is -0.797. The molecule has 1 saturated carbocycles. The molecule has 3 aliphatic rings. The highest BCUT2D eigenvalue weighted by atomic mass is 16.2. The molecule has 2 aliphatic heterocycles. The highest BCUT2D eigenvalue weighted by molar-refractivity contribution is 6.09. The van der Waals surface area contributed by atoms with Crippen molar-refractivity contribution in [2.45, 2.75) is 43.7 Å². The Bertz CT molecular complexity index is 801. The van der Waals surface area contributed by atoms with Gasteiger partial charge in [-0.1, -0.05) is 49.6 Å². The molecule has 31 heavy (non-hydrogen) atoms. The first-order valence-electron chi connectivity index (χ1n) is 11.4. The van der Waals surface area contributed by atoms with E-state index in [1.807, 2.05) is 30.3 Å². The van der Waals surface area contributed by atoms with Crippen LogP contribution in [-0.2, 0) is 9.59 Å². The minimum absolute atomic E-state index is 0.193. The topological polar surface area (TPSA) is 85.0 Å². The van der Waals surface area contributed by atoms with Gasteiger partial charge < -0.3 is 15.5 Å². The summed E-state index contributed by atoms with van der Waals surface area (Å²) in [5.41, 5.74) is 0.226. The van der Waals surface area contributed by atoms with E-state index in [2.05, 4.69) is 27.5 Å². The van der Waals surface area contributed by atoms with Crippen molar-refractivity contribution in [3.05, 3.63) is 35.9 Å². The predicted octanol–water partition coefficient (Wildman–Crippen LogP) is 1.35. The van der Waals surface area contributed by atoms with E-state index < -0.39 is 11.6 Å². The van der Waals surface area contributed by atoms with Crippen molar-refractivity contribution >= 4 is 17.8 Å². The Hall–Kier alpha value is -2.45. The number of amides is 4. The second-order valence-corrected chi connectivity index (χ2v) is 9.10. The number of rotatable bonds is 6. The lowest BCUT2D eigenvalue weighted by Gasteiger charge is -2.35. The number of carbonyl (C=O) groups is 3. The number of hydrogen-bond acceptors (Lipinski definition) is 5. The fourth-order valence-electron chi connectivity index (χ4n) is 4.91. The molecule has 4 rings (SSSR count). The van der Waals surface area contributed by atoms with E-state index in [-0.39, 0.29) is 24.4 Å². The largest absolute Gasteiger partial charge is 0.346 e. The fourth-order valence-corrected chi connectivity index (χ4v) is 4.91. The van der Waals surface area contributed by atoms with Gasteiger partial charge in [-0.15, -0.1) is 0 Å². The Kier molecular flexibility index (Phi) is 6.57. The lowest BCUT2D eigenvalue weighted by atomic mass is 9.82. The number of urea groups is 1. The predicted molar refractivity (Wildman–Crippen MR) is 117 cm³/mol. The van der Waals surface area contributed by atoms with Crippen molar-refractivity contribution in [1.29, 1.82) is 0 Å². The van der Waals surface area contributed by atoms with Crippen molar-refractivity contribution < 1.29 is 14.4 Å². The molecular formula is C23H33N5O3. The smallest absolute Gasteiger partial charge is 0.325 e. The van der Waals surface area contributed by atoms with Crippen LogP contribution in [0.4, 0.5) is 4.79 Å². The van der Waals surface area contributed by atoms with Gasteiger partial charge in [-0.25, -0.2) is 4.79 Å². The first kappa shape index (κ1) is 21.8. The van der Waals surface area contributed by atoms with Crippen LogP contribution < -0.4 is 10.6 Å². The van der Waals surface area contributed by atoms with Crippen molar-refractivity contribution in [2.24, 2.45) is 0 Å². The van der Waals surface area contributed by atoms with Crippen LogP contribution in [0.3, 0.4) is 0 Å². The third-order valence-corrected chi connectivity index (χ3v) is 6.83. The summed E-state index contributed by atoms with van der Waals surface area (Å²) in [6, 6.07) is 9.25. The van der Waals surface area contributed by atoms with Gasteiger partial charge in [0.2, 0.25) is 5.91 Å². The molecule has 8 heteroatoms. The van der Waals surface area contributed by atoms with Crippen molar-refractivity contribution in [3.63, 3.8) is 0 Å². The van der Waals surface area contributed by atoms with Gasteiger partial charge >= 0.3 is 6.03 Å². The molecule has 8 nitrogen and oxygen atoms in total. The van der Waals surface area contributed by atoms with Gasteiger partial charge in [-0.05, 0) is 25.5 Å². The number of hydrogen-bond donors (Lipinski definition) is 2. The molecule has 4 amide bonds. The van der Waals surface area contributed by atoms with E-state index in [1.165, 1.54) is 0 Å². The van der Waals surface area contributed by atoms with Crippen LogP contribution in [0.1, 0.15) is 43.7 Å². The molecule has 1 spiro atoms. The van der Waals surface area contributed by atoms with E-state index in [9.17, 15) is 14.4 Å². The van der Waals surface area contributed by atoms with Gasteiger partial charge in [0, 0.05) is 32.7 Å². The van der Waals surface area contributed by atoms with E-state index in [0.717, 1.165) is 55.9 Å². The van der Waals surface area contributed by atoms with Gasteiger partial charge in [0.15, 0.2) is 0 Å². The SMILES string of the molecule is CN1CCN(CC(NC(=O)CN2C(=O)NC3(CCCCC3)C2=O)c2ccccc2)CC1.